The summed E-state index contributed by atoms with van der Waals surface area (Å²) in [5, 5.41) is 0. The Morgan fingerprint density at radius 2 is 1.84 bits per heavy atom. The highest BCUT2D eigenvalue weighted by molar-refractivity contribution is 5.89. The normalized spacial score (nSPS) is 14.5. The molecule has 0 unspecified atom stereocenters. The minimum atomic E-state index is 0.690. The van der Waals surface area contributed by atoms with Crippen molar-refractivity contribution in [2.24, 2.45) is 0 Å². The number of morpholine rings is 1. The Morgan fingerprint density at radius 1 is 1.03 bits per heavy atom. The molecular formula is C26H27N5O. The lowest BCUT2D eigenvalue weighted by atomic mass is 10.0. The van der Waals surface area contributed by atoms with Crippen molar-refractivity contribution in [1.29, 1.82) is 0 Å². The molecule has 6 nitrogen and oxygen atoms in total. The highest BCUT2D eigenvalue weighted by Gasteiger charge is 2.20. The summed E-state index contributed by atoms with van der Waals surface area (Å²) in [5.41, 5.74) is 7.24. The maximum absolute atomic E-state index is 5.54. The molecule has 2 aromatic heterocycles. The first-order valence-corrected chi connectivity index (χ1v) is 11.1. The Kier molecular flexibility index (Phi) is 5.69. The van der Waals surface area contributed by atoms with Crippen molar-refractivity contribution in [2.45, 2.75) is 20.4 Å². The molecule has 0 spiro atoms. The molecule has 3 heterocycles. The van der Waals surface area contributed by atoms with Gasteiger partial charge in [-0.15, -0.1) is 0 Å². The van der Waals surface area contributed by atoms with Gasteiger partial charge in [-0.3, -0.25) is 0 Å². The number of fused-ring (bicyclic) bond motifs is 1. The summed E-state index contributed by atoms with van der Waals surface area (Å²) in [6.45, 7) is 7.84. The zero-order valence-corrected chi connectivity index (χ0v) is 18.5. The van der Waals surface area contributed by atoms with Crippen LogP contribution in [0.3, 0.4) is 0 Å². The highest BCUT2D eigenvalue weighted by atomic mass is 16.5. The largest absolute Gasteiger partial charge is 0.378 e. The van der Waals surface area contributed by atoms with E-state index >= 15 is 0 Å². The van der Waals surface area contributed by atoms with Crippen LogP contribution < -0.4 is 4.90 Å². The van der Waals surface area contributed by atoms with Gasteiger partial charge < -0.3 is 14.2 Å². The highest BCUT2D eigenvalue weighted by Crippen LogP contribution is 2.30. The van der Waals surface area contributed by atoms with Crippen molar-refractivity contribution < 1.29 is 4.74 Å². The quantitative estimate of drug-likeness (QED) is 0.463. The van der Waals surface area contributed by atoms with Crippen molar-refractivity contribution in [3.05, 3.63) is 77.6 Å². The fraction of sp³-hybridized carbons (Fsp3) is 0.269. The summed E-state index contributed by atoms with van der Waals surface area (Å²) >= 11 is 0. The summed E-state index contributed by atoms with van der Waals surface area (Å²) in [6, 6.07) is 16.9. The van der Waals surface area contributed by atoms with Gasteiger partial charge in [0, 0.05) is 18.7 Å². The number of rotatable bonds is 5. The molecule has 162 valence electrons. The maximum Gasteiger partial charge on any atom is 0.228 e. The van der Waals surface area contributed by atoms with E-state index in [2.05, 4.69) is 71.0 Å². The predicted octanol–water partition coefficient (Wildman–Crippen LogP) is 4.72. The molecule has 1 fully saturated rings. The molecule has 1 saturated heterocycles. The number of allylic oxidation sites excluding steroid dienone is 1. The second-order valence-electron chi connectivity index (χ2n) is 8.07. The molecule has 0 N–H and O–H groups in total. The Morgan fingerprint density at radius 3 is 2.62 bits per heavy atom. The fourth-order valence-electron chi connectivity index (χ4n) is 4.08. The minimum Gasteiger partial charge on any atom is -0.378 e. The summed E-state index contributed by atoms with van der Waals surface area (Å²) in [7, 11) is 0. The first-order valence-electron chi connectivity index (χ1n) is 11.1. The number of anilines is 1. The number of hydrogen-bond acceptors (Lipinski definition) is 5. The third-order valence-corrected chi connectivity index (χ3v) is 5.84. The van der Waals surface area contributed by atoms with E-state index in [0.29, 0.717) is 19.8 Å². The van der Waals surface area contributed by atoms with E-state index in [0.717, 1.165) is 41.5 Å². The van der Waals surface area contributed by atoms with Crippen LogP contribution in [0.5, 0.6) is 0 Å². The Balaban J connectivity index is 1.66. The molecule has 32 heavy (non-hydrogen) atoms. The van der Waals surface area contributed by atoms with Crippen LogP contribution in [0.15, 0.2) is 60.9 Å². The SMILES string of the molecule is C/C=C\c1cc(-c2nc(N3CCOCC3)nc3c2ncn3Cc2ccccc2)ccc1C. The van der Waals surface area contributed by atoms with Gasteiger partial charge in [-0.1, -0.05) is 54.6 Å². The Hall–Kier alpha value is -3.51. The van der Waals surface area contributed by atoms with Crippen LogP contribution in [0.4, 0.5) is 5.95 Å². The van der Waals surface area contributed by atoms with Crippen molar-refractivity contribution >= 4 is 23.2 Å². The van der Waals surface area contributed by atoms with Gasteiger partial charge in [0.1, 0.15) is 11.2 Å². The van der Waals surface area contributed by atoms with E-state index in [-0.39, 0.29) is 0 Å². The minimum absolute atomic E-state index is 0.690. The lowest BCUT2D eigenvalue weighted by Gasteiger charge is -2.27. The topological polar surface area (TPSA) is 56.1 Å². The zero-order chi connectivity index (χ0) is 21.9. The average Bonchev–Trinajstić information content (AvgIpc) is 3.24. The molecule has 1 aliphatic heterocycles. The van der Waals surface area contributed by atoms with Gasteiger partial charge in [-0.25, -0.2) is 9.97 Å². The summed E-state index contributed by atoms with van der Waals surface area (Å²) in [6.07, 6.45) is 6.07. The number of ether oxygens (including phenoxy) is 1. The van der Waals surface area contributed by atoms with Crippen LogP contribution in [-0.2, 0) is 11.3 Å². The van der Waals surface area contributed by atoms with Gasteiger partial charge in [-0.2, -0.15) is 4.98 Å². The van der Waals surface area contributed by atoms with Gasteiger partial charge in [0.25, 0.3) is 0 Å². The van der Waals surface area contributed by atoms with E-state index in [9.17, 15) is 0 Å². The third kappa shape index (κ3) is 4.01. The van der Waals surface area contributed by atoms with Gasteiger partial charge in [0.2, 0.25) is 5.95 Å². The maximum atomic E-state index is 5.54. The molecule has 5 rings (SSSR count). The molecule has 0 amide bonds. The number of hydrogen-bond donors (Lipinski definition) is 0. The molecule has 2 aromatic carbocycles. The van der Waals surface area contributed by atoms with E-state index < -0.39 is 0 Å². The Bertz CT molecular complexity index is 1260. The summed E-state index contributed by atoms with van der Waals surface area (Å²) in [5.74, 6) is 0.735. The first kappa shape index (κ1) is 20.4. The molecule has 1 aliphatic rings. The molecule has 0 bridgehead atoms. The summed E-state index contributed by atoms with van der Waals surface area (Å²) < 4.78 is 7.66. The number of benzene rings is 2. The second kappa shape index (κ2) is 8.93. The number of imidazole rings is 1. The van der Waals surface area contributed by atoms with Crippen LogP contribution >= 0.6 is 0 Å². The fourth-order valence-corrected chi connectivity index (χ4v) is 4.08. The Labute approximate surface area is 188 Å². The standard InChI is InChI=1S/C26H27N5O/c1-3-7-21-16-22(11-10-19(21)2)23-24-25(29-26(28-23)30-12-14-32-15-13-30)31(18-27-24)17-20-8-5-4-6-9-20/h3-11,16,18H,12-15,17H2,1-2H3/b7-3-. The number of aryl methyl sites for hydroxylation is 1. The van der Waals surface area contributed by atoms with Crippen LogP contribution in [0.1, 0.15) is 23.6 Å². The lowest BCUT2D eigenvalue weighted by Crippen LogP contribution is -2.37. The van der Waals surface area contributed by atoms with Crippen molar-refractivity contribution in [2.75, 3.05) is 31.2 Å². The first-order chi connectivity index (χ1) is 15.7. The van der Waals surface area contributed by atoms with Crippen LogP contribution in [0.2, 0.25) is 0 Å². The molecule has 0 radical (unpaired) electrons. The molecular weight excluding hydrogens is 398 g/mol. The average molecular weight is 426 g/mol. The van der Waals surface area contributed by atoms with Gasteiger partial charge >= 0.3 is 0 Å². The number of nitrogens with zero attached hydrogens (tertiary/aromatic N) is 5. The lowest BCUT2D eigenvalue weighted by molar-refractivity contribution is 0.122. The molecule has 0 atom stereocenters. The van der Waals surface area contributed by atoms with Gasteiger partial charge in [-0.05, 0) is 36.6 Å². The van der Waals surface area contributed by atoms with E-state index in [4.69, 9.17) is 19.7 Å². The van der Waals surface area contributed by atoms with Crippen LogP contribution in [0.25, 0.3) is 28.5 Å². The van der Waals surface area contributed by atoms with Crippen LogP contribution in [0, 0.1) is 6.92 Å². The van der Waals surface area contributed by atoms with Gasteiger partial charge in [0.15, 0.2) is 5.65 Å². The molecule has 0 aliphatic carbocycles. The molecule has 0 saturated carbocycles. The second-order valence-corrected chi connectivity index (χ2v) is 8.07. The van der Waals surface area contributed by atoms with E-state index in [1.165, 1.54) is 16.7 Å². The summed E-state index contributed by atoms with van der Waals surface area (Å²) in [4.78, 5) is 16.9. The zero-order valence-electron chi connectivity index (χ0n) is 18.5. The third-order valence-electron chi connectivity index (χ3n) is 5.84. The van der Waals surface area contributed by atoms with Crippen molar-refractivity contribution in [3.63, 3.8) is 0 Å². The van der Waals surface area contributed by atoms with E-state index in [1.807, 2.05) is 19.3 Å². The molecule has 4 aromatic rings. The van der Waals surface area contributed by atoms with Crippen LogP contribution in [-0.4, -0.2) is 45.8 Å². The van der Waals surface area contributed by atoms with Crippen molar-refractivity contribution in [3.8, 4) is 11.3 Å². The van der Waals surface area contributed by atoms with E-state index in [1.54, 1.807) is 0 Å². The molecule has 6 heteroatoms. The number of aromatic nitrogens is 4. The predicted molar refractivity (Wildman–Crippen MR) is 129 cm³/mol. The van der Waals surface area contributed by atoms with Crippen molar-refractivity contribution in [1.82, 2.24) is 19.5 Å². The smallest absolute Gasteiger partial charge is 0.228 e. The monoisotopic (exact) mass is 425 g/mol. The van der Waals surface area contributed by atoms with Gasteiger partial charge in [0.05, 0.1) is 26.1 Å².